The molecule has 1 aromatic heterocycles. The first kappa shape index (κ1) is 10.7. The standard InChI is InChI=1S/C13H17N3/c1-10-5-4-6-12(7-10)14-9-13-8-11(2)15-16(13)3/h4-8,14H,9H2,1-3H3. The first-order chi connectivity index (χ1) is 7.65. The molecule has 0 spiro atoms. The van der Waals surface area contributed by atoms with E-state index in [9.17, 15) is 0 Å². The number of anilines is 1. The van der Waals surface area contributed by atoms with Crippen molar-refractivity contribution in [1.82, 2.24) is 9.78 Å². The number of hydrogen-bond acceptors (Lipinski definition) is 2. The average Bonchev–Trinajstić information content (AvgIpc) is 2.54. The Kier molecular flexibility index (Phi) is 2.95. The smallest absolute Gasteiger partial charge is 0.0597 e. The highest BCUT2D eigenvalue weighted by Gasteiger charge is 2.01. The fourth-order valence-corrected chi connectivity index (χ4v) is 1.78. The van der Waals surface area contributed by atoms with Crippen LogP contribution in [-0.4, -0.2) is 9.78 Å². The van der Waals surface area contributed by atoms with Gasteiger partial charge in [0, 0.05) is 12.7 Å². The first-order valence-electron chi connectivity index (χ1n) is 5.45. The van der Waals surface area contributed by atoms with Crippen LogP contribution >= 0.6 is 0 Å². The van der Waals surface area contributed by atoms with Crippen LogP contribution in [0.1, 0.15) is 17.0 Å². The summed E-state index contributed by atoms with van der Waals surface area (Å²) in [6.45, 7) is 4.91. The molecule has 0 aliphatic heterocycles. The quantitative estimate of drug-likeness (QED) is 0.853. The van der Waals surface area contributed by atoms with E-state index in [-0.39, 0.29) is 0 Å². The van der Waals surface area contributed by atoms with Gasteiger partial charge >= 0.3 is 0 Å². The summed E-state index contributed by atoms with van der Waals surface area (Å²) in [7, 11) is 1.97. The minimum Gasteiger partial charge on any atom is -0.379 e. The molecule has 0 bridgehead atoms. The Balaban J connectivity index is 2.05. The highest BCUT2D eigenvalue weighted by molar-refractivity contribution is 5.45. The number of aryl methyl sites for hydroxylation is 3. The van der Waals surface area contributed by atoms with E-state index < -0.39 is 0 Å². The van der Waals surface area contributed by atoms with Gasteiger partial charge < -0.3 is 5.32 Å². The molecule has 2 rings (SSSR count). The lowest BCUT2D eigenvalue weighted by atomic mass is 10.2. The van der Waals surface area contributed by atoms with Crippen molar-refractivity contribution < 1.29 is 0 Å². The molecule has 2 aromatic rings. The van der Waals surface area contributed by atoms with Crippen LogP contribution in [0.2, 0.25) is 0 Å². The summed E-state index contributed by atoms with van der Waals surface area (Å²) in [5.74, 6) is 0. The zero-order valence-electron chi connectivity index (χ0n) is 9.99. The van der Waals surface area contributed by atoms with Gasteiger partial charge in [-0.15, -0.1) is 0 Å². The van der Waals surface area contributed by atoms with Gasteiger partial charge in [0.2, 0.25) is 0 Å². The minimum absolute atomic E-state index is 0.806. The first-order valence-corrected chi connectivity index (χ1v) is 5.45. The molecular weight excluding hydrogens is 198 g/mol. The molecule has 0 atom stereocenters. The molecule has 0 saturated carbocycles. The monoisotopic (exact) mass is 215 g/mol. The third-order valence-electron chi connectivity index (χ3n) is 2.59. The summed E-state index contributed by atoms with van der Waals surface area (Å²) in [5.41, 5.74) is 4.67. The second-order valence-corrected chi connectivity index (χ2v) is 4.12. The highest BCUT2D eigenvalue weighted by atomic mass is 15.3. The van der Waals surface area contributed by atoms with Gasteiger partial charge in [-0.05, 0) is 37.6 Å². The van der Waals surface area contributed by atoms with Crippen molar-refractivity contribution in [2.24, 2.45) is 7.05 Å². The second-order valence-electron chi connectivity index (χ2n) is 4.12. The Labute approximate surface area is 96.1 Å². The van der Waals surface area contributed by atoms with Crippen LogP contribution in [0.15, 0.2) is 30.3 Å². The lowest BCUT2D eigenvalue weighted by Crippen LogP contribution is -2.05. The van der Waals surface area contributed by atoms with E-state index in [4.69, 9.17) is 0 Å². The van der Waals surface area contributed by atoms with Gasteiger partial charge in [0.1, 0.15) is 0 Å². The van der Waals surface area contributed by atoms with Gasteiger partial charge in [-0.2, -0.15) is 5.10 Å². The van der Waals surface area contributed by atoms with Gasteiger partial charge in [0.25, 0.3) is 0 Å². The molecule has 0 radical (unpaired) electrons. The van der Waals surface area contributed by atoms with E-state index in [2.05, 4.69) is 47.7 Å². The van der Waals surface area contributed by atoms with Crippen molar-refractivity contribution >= 4 is 5.69 Å². The Hall–Kier alpha value is -1.77. The summed E-state index contributed by atoms with van der Waals surface area (Å²) < 4.78 is 1.91. The molecule has 1 aromatic carbocycles. The van der Waals surface area contributed by atoms with Crippen LogP contribution in [0.5, 0.6) is 0 Å². The highest BCUT2D eigenvalue weighted by Crippen LogP contribution is 2.11. The van der Waals surface area contributed by atoms with Crippen LogP contribution in [0.3, 0.4) is 0 Å². The molecule has 84 valence electrons. The molecule has 1 heterocycles. The normalized spacial score (nSPS) is 10.4. The van der Waals surface area contributed by atoms with Crippen LogP contribution < -0.4 is 5.32 Å². The Morgan fingerprint density at radius 3 is 2.69 bits per heavy atom. The molecule has 16 heavy (non-hydrogen) atoms. The zero-order chi connectivity index (χ0) is 11.5. The molecule has 0 aliphatic carbocycles. The van der Waals surface area contributed by atoms with Crippen molar-refractivity contribution in [1.29, 1.82) is 0 Å². The predicted molar refractivity (Wildman–Crippen MR) is 66.5 cm³/mol. The van der Waals surface area contributed by atoms with Crippen LogP contribution in [0.25, 0.3) is 0 Å². The predicted octanol–water partition coefficient (Wildman–Crippen LogP) is 2.65. The summed E-state index contributed by atoms with van der Waals surface area (Å²) in [6, 6.07) is 10.5. The number of hydrogen-bond donors (Lipinski definition) is 1. The van der Waals surface area contributed by atoms with Crippen LogP contribution in [0.4, 0.5) is 5.69 Å². The maximum Gasteiger partial charge on any atom is 0.0597 e. The van der Waals surface area contributed by atoms with Crippen molar-refractivity contribution in [2.45, 2.75) is 20.4 Å². The SMILES string of the molecule is Cc1cccc(NCc2cc(C)nn2C)c1. The molecule has 0 aliphatic rings. The van der Waals surface area contributed by atoms with Crippen molar-refractivity contribution in [3.63, 3.8) is 0 Å². The number of aromatic nitrogens is 2. The Bertz CT molecular complexity index is 486. The van der Waals surface area contributed by atoms with E-state index in [1.54, 1.807) is 0 Å². The number of nitrogens with one attached hydrogen (secondary N) is 1. The van der Waals surface area contributed by atoms with Crippen molar-refractivity contribution in [2.75, 3.05) is 5.32 Å². The van der Waals surface area contributed by atoms with Crippen LogP contribution in [0, 0.1) is 13.8 Å². The summed E-state index contributed by atoms with van der Waals surface area (Å²) >= 11 is 0. The molecule has 0 fully saturated rings. The van der Waals surface area contributed by atoms with Gasteiger partial charge in [0.15, 0.2) is 0 Å². The molecular formula is C13H17N3. The van der Waals surface area contributed by atoms with E-state index in [1.807, 2.05) is 18.7 Å². The van der Waals surface area contributed by atoms with E-state index in [0.29, 0.717) is 0 Å². The maximum absolute atomic E-state index is 4.32. The number of nitrogens with zero attached hydrogens (tertiary/aromatic N) is 2. The molecule has 3 nitrogen and oxygen atoms in total. The van der Waals surface area contributed by atoms with Crippen molar-refractivity contribution in [3.8, 4) is 0 Å². The summed E-state index contributed by atoms with van der Waals surface area (Å²) in [5, 5.41) is 7.71. The number of benzene rings is 1. The average molecular weight is 215 g/mol. The minimum atomic E-state index is 0.806. The van der Waals surface area contributed by atoms with Gasteiger partial charge in [0.05, 0.1) is 17.9 Å². The van der Waals surface area contributed by atoms with Crippen LogP contribution in [-0.2, 0) is 13.6 Å². The third kappa shape index (κ3) is 2.42. The topological polar surface area (TPSA) is 29.9 Å². The Morgan fingerprint density at radius 2 is 2.06 bits per heavy atom. The molecule has 0 unspecified atom stereocenters. The summed E-state index contributed by atoms with van der Waals surface area (Å²) in [4.78, 5) is 0. The van der Waals surface area contributed by atoms with Gasteiger partial charge in [-0.3, -0.25) is 4.68 Å². The lowest BCUT2D eigenvalue weighted by Gasteiger charge is -2.07. The van der Waals surface area contributed by atoms with Gasteiger partial charge in [-0.25, -0.2) is 0 Å². The molecule has 3 heteroatoms. The number of rotatable bonds is 3. The molecule has 0 amide bonds. The van der Waals surface area contributed by atoms with Gasteiger partial charge in [-0.1, -0.05) is 12.1 Å². The lowest BCUT2D eigenvalue weighted by molar-refractivity contribution is 0.713. The molecule has 1 N–H and O–H groups in total. The van der Waals surface area contributed by atoms with E-state index in [0.717, 1.165) is 17.9 Å². The molecule has 0 saturated heterocycles. The Morgan fingerprint density at radius 1 is 1.25 bits per heavy atom. The zero-order valence-corrected chi connectivity index (χ0v) is 9.99. The maximum atomic E-state index is 4.32. The fourth-order valence-electron chi connectivity index (χ4n) is 1.78. The van der Waals surface area contributed by atoms with E-state index in [1.165, 1.54) is 11.3 Å². The third-order valence-corrected chi connectivity index (χ3v) is 2.59. The fraction of sp³-hybridized carbons (Fsp3) is 0.308. The van der Waals surface area contributed by atoms with E-state index >= 15 is 0 Å². The largest absolute Gasteiger partial charge is 0.379 e. The summed E-state index contributed by atoms with van der Waals surface area (Å²) in [6.07, 6.45) is 0. The second kappa shape index (κ2) is 4.39. The van der Waals surface area contributed by atoms with Crippen molar-refractivity contribution in [3.05, 3.63) is 47.3 Å².